The zero-order valence-electron chi connectivity index (χ0n) is 8.82. The van der Waals surface area contributed by atoms with E-state index in [1.807, 2.05) is 6.92 Å². The SMILES string of the molecule is Cc1cc(-c2nnnn2CC(=O)O)n(C)n1. The highest BCUT2D eigenvalue weighted by Crippen LogP contribution is 2.15. The zero-order chi connectivity index (χ0) is 11.7. The number of rotatable bonds is 3. The van der Waals surface area contributed by atoms with Gasteiger partial charge in [-0.2, -0.15) is 5.10 Å². The van der Waals surface area contributed by atoms with E-state index in [1.54, 1.807) is 17.8 Å². The molecule has 0 fully saturated rings. The molecule has 2 heterocycles. The Balaban J connectivity index is 2.44. The van der Waals surface area contributed by atoms with Gasteiger partial charge in [0.05, 0.1) is 5.69 Å². The first-order valence-corrected chi connectivity index (χ1v) is 4.57. The molecule has 2 rings (SSSR count). The second-order valence-corrected chi connectivity index (χ2v) is 3.35. The summed E-state index contributed by atoms with van der Waals surface area (Å²) in [4.78, 5) is 10.6. The second-order valence-electron chi connectivity index (χ2n) is 3.35. The summed E-state index contributed by atoms with van der Waals surface area (Å²) in [6.45, 7) is 1.57. The monoisotopic (exact) mass is 222 g/mol. The number of tetrazole rings is 1. The third kappa shape index (κ3) is 1.76. The third-order valence-corrected chi connectivity index (χ3v) is 2.05. The highest BCUT2D eigenvalue weighted by atomic mass is 16.4. The van der Waals surface area contributed by atoms with Gasteiger partial charge in [0, 0.05) is 7.05 Å². The molecule has 0 radical (unpaired) electrons. The molecule has 16 heavy (non-hydrogen) atoms. The van der Waals surface area contributed by atoms with E-state index in [4.69, 9.17) is 5.11 Å². The van der Waals surface area contributed by atoms with Crippen molar-refractivity contribution in [1.82, 2.24) is 30.0 Å². The lowest BCUT2D eigenvalue weighted by Gasteiger charge is -2.01. The number of carboxylic acid groups (broad SMARTS) is 1. The number of hydrogen-bond acceptors (Lipinski definition) is 5. The van der Waals surface area contributed by atoms with Gasteiger partial charge in [-0.05, 0) is 23.4 Å². The summed E-state index contributed by atoms with van der Waals surface area (Å²) >= 11 is 0. The van der Waals surface area contributed by atoms with E-state index in [9.17, 15) is 4.79 Å². The van der Waals surface area contributed by atoms with Gasteiger partial charge >= 0.3 is 5.97 Å². The first-order chi connectivity index (χ1) is 7.58. The number of aromatic nitrogens is 6. The Morgan fingerprint density at radius 2 is 2.31 bits per heavy atom. The van der Waals surface area contributed by atoms with E-state index in [0.717, 1.165) is 5.69 Å². The highest BCUT2D eigenvalue weighted by molar-refractivity contribution is 5.67. The van der Waals surface area contributed by atoms with Crippen LogP contribution in [0.4, 0.5) is 0 Å². The average Bonchev–Trinajstić information content (AvgIpc) is 2.72. The van der Waals surface area contributed by atoms with Crippen LogP contribution in [0, 0.1) is 6.92 Å². The molecule has 0 saturated heterocycles. The molecule has 0 aromatic carbocycles. The number of carboxylic acids is 1. The van der Waals surface area contributed by atoms with Crippen LogP contribution in [-0.2, 0) is 18.4 Å². The molecule has 0 bridgehead atoms. The molecule has 84 valence electrons. The minimum absolute atomic E-state index is 0.271. The molecule has 0 aliphatic carbocycles. The van der Waals surface area contributed by atoms with E-state index in [1.165, 1.54) is 4.68 Å². The molecule has 0 aliphatic rings. The number of aryl methyl sites for hydroxylation is 2. The maximum absolute atomic E-state index is 10.6. The quantitative estimate of drug-likeness (QED) is 0.749. The standard InChI is InChI=1S/C8H10N6O2/c1-5-3-6(13(2)10-5)8-9-11-12-14(8)4-7(15)16/h3H,4H2,1-2H3,(H,15,16). The van der Waals surface area contributed by atoms with Gasteiger partial charge in [0.1, 0.15) is 12.2 Å². The van der Waals surface area contributed by atoms with Crippen LogP contribution in [0.2, 0.25) is 0 Å². The Hall–Kier alpha value is -2.25. The van der Waals surface area contributed by atoms with E-state index >= 15 is 0 Å². The second kappa shape index (κ2) is 3.72. The Kier molecular flexibility index (Phi) is 2.39. The molecular formula is C8H10N6O2. The largest absolute Gasteiger partial charge is 0.480 e. The van der Waals surface area contributed by atoms with Gasteiger partial charge in [-0.1, -0.05) is 0 Å². The van der Waals surface area contributed by atoms with Gasteiger partial charge in [0.2, 0.25) is 5.82 Å². The molecule has 0 spiro atoms. The third-order valence-electron chi connectivity index (χ3n) is 2.05. The van der Waals surface area contributed by atoms with Gasteiger partial charge < -0.3 is 5.11 Å². The summed E-state index contributed by atoms with van der Waals surface area (Å²) in [5, 5.41) is 23.7. The molecule has 2 aromatic rings. The highest BCUT2D eigenvalue weighted by Gasteiger charge is 2.15. The van der Waals surface area contributed by atoms with E-state index in [-0.39, 0.29) is 6.54 Å². The molecule has 8 heteroatoms. The summed E-state index contributed by atoms with van der Waals surface area (Å²) in [6, 6.07) is 1.80. The predicted octanol–water partition coefficient (Wildman–Crippen LogP) is -0.533. The van der Waals surface area contributed by atoms with Crippen LogP contribution in [0.1, 0.15) is 5.69 Å². The van der Waals surface area contributed by atoms with Crippen molar-refractivity contribution in [3.63, 3.8) is 0 Å². The van der Waals surface area contributed by atoms with Crippen molar-refractivity contribution in [3.8, 4) is 11.5 Å². The lowest BCUT2D eigenvalue weighted by molar-refractivity contribution is -0.137. The van der Waals surface area contributed by atoms with Gasteiger partial charge in [0.15, 0.2) is 0 Å². The normalized spacial score (nSPS) is 10.6. The lowest BCUT2D eigenvalue weighted by Crippen LogP contribution is -2.12. The molecular weight excluding hydrogens is 212 g/mol. The number of carbonyl (C=O) groups is 1. The fraction of sp³-hybridized carbons (Fsp3) is 0.375. The molecule has 0 aliphatic heterocycles. The average molecular weight is 222 g/mol. The molecule has 2 aromatic heterocycles. The van der Waals surface area contributed by atoms with Crippen molar-refractivity contribution in [2.45, 2.75) is 13.5 Å². The first-order valence-electron chi connectivity index (χ1n) is 4.57. The van der Waals surface area contributed by atoms with Crippen molar-refractivity contribution in [2.75, 3.05) is 0 Å². The topological polar surface area (TPSA) is 98.7 Å². The molecule has 0 unspecified atom stereocenters. The van der Waals surface area contributed by atoms with Crippen LogP contribution in [0.15, 0.2) is 6.07 Å². The van der Waals surface area contributed by atoms with E-state index in [0.29, 0.717) is 11.5 Å². The van der Waals surface area contributed by atoms with Crippen LogP contribution in [0.3, 0.4) is 0 Å². The minimum Gasteiger partial charge on any atom is -0.480 e. The Morgan fingerprint density at radius 1 is 1.56 bits per heavy atom. The van der Waals surface area contributed by atoms with Gasteiger partial charge in [-0.15, -0.1) is 5.10 Å². The van der Waals surface area contributed by atoms with Crippen LogP contribution in [0.25, 0.3) is 11.5 Å². The Labute approximate surface area is 90.5 Å². The summed E-state index contributed by atoms with van der Waals surface area (Å²) < 4.78 is 2.83. The van der Waals surface area contributed by atoms with Crippen LogP contribution >= 0.6 is 0 Å². The maximum atomic E-state index is 10.6. The van der Waals surface area contributed by atoms with Gasteiger partial charge in [-0.3, -0.25) is 9.48 Å². The summed E-state index contributed by atoms with van der Waals surface area (Å²) in [7, 11) is 1.75. The fourth-order valence-electron chi connectivity index (χ4n) is 1.44. The van der Waals surface area contributed by atoms with E-state index in [2.05, 4.69) is 20.6 Å². The molecule has 0 saturated carbocycles. The van der Waals surface area contributed by atoms with Crippen molar-refractivity contribution < 1.29 is 9.90 Å². The fourth-order valence-corrected chi connectivity index (χ4v) is 1.44. The summed E-state index contributed by atoms with van der Waals surface area (Å²) in [6.07, 6.45) is 0. The van der Waals surface area contributed by atoms with Crippen molar-refractivity contribution >= 4 is 5.97 Å². The molecule has 0 amide bonds. The summed E-state index contributed by atoms with van der Waals surface area (Å²) in [5.74, 6) is -0.599. The van der Waals surface area contributed by atoms with Gasteiger partial charge in [-0.25, -0.2) is 4.68 Å². The van der Waals surface area contributed by atoms with Crippen molar-refractivity contribution in [1.29, 1.82) is 0 Å². The first kappa shape index (κ1) is 10.3. The zero-order valence-corrected chi connectivity index (χ0v) is 8.82. The molecule has 1 N–H and O–H groups in total. The molecule has 0 atom stereocenters. The maximum Gasteiger partial charge on any atom is 0.325 e. The van der Waals surface area contributed by atoms with Crippen LogP contribution in [0.5, 0.6) is 0 Å². The Bertz CT molecular complexity index is 528. The van der Waals surface area contributed by atoms with Gasteiger partial charge in [0.25, 0.3) is 0 Å². The number of nitrogens with zero attached hydrogens (tertiary/aromatic N) is 6. The van der Waals surface area contributed by atoms with Crippen molar-refractivity contribution in [2.24, 2.45) is 7.05 Å². The van der Waals surface area contributed by atoms with Crippen LogP contribution < -0.4 is 0 Å². The van der Waals surface area contributed by atoms with Crippen molar-refractivity contribution in [3.05, 3.63) is 11.8 Å². The van der Waals surface area contributed by atoms with E-state index < -0.39 is 5.97 Å². The van der Waals surface area contributed by atoms with Crippen LogP contribution in [-0.4, -0.2) is 41.1 Å². The minimum atomic E-state index is -0.993. The number of aliphatic carboxylic acids is 1. The summed E-state index contributed by atoms with van der Waals surface area (Å²) in [5.41, 5.74) is 1.51. The number of hydrogen-bond donors (Lipinski definition) is 1. The smallest absolute Gasteiger partial charge is 0.325 e. The Morgan fingerprint density at radius 3 is 2.88 bits per heavy atom. The molecule has 8 nitrogen and oxygen atoms in total. The predicted molar refractivity (Wildman–Crippen MR) is 52.4 cm³/mol. The lowest BCUT2D eigenvalue weighted by atomic mass is 10.3.